The Morgan fingerprint density at radius 1 is 1.10 bits per heavy atom. The molecule has 1 aromatic carbocycles. The van der Waals surface area contributed by atoms with Crippen molar-refractivity contribution < 1.29 is 4.55 Å². The van der Waals surface area contributed by atoms with Gasteiger partial charge in [0, 0.05) is 23.7 Å². The maximum atomic E-state index is 13.1. The van der Waals surface area contributed by atoms with E-state index in [1.807, 2.05) is 39.2 Å². The van der Waals surface area contributed by atoms with Crippen LogP contribution in [-0.2, 0) is 24.2 Å². The second-order valence-corrected chi connectivity index (χ2v) is 14.0. The Labute approximate surface area is 237 Å². The van der Waals surface area contributed by atoms with Gasteiger partial charge in [-0.3, -0.25) is 10.1 Å². The molecule has 4 aromatic rings. The largest absolute Gasteiger partial charge is 0.591 e. The number of nitrogens with zero attached hydrogens (tertiary/aromatic N) is 6. The molecule has 0 unspecified atom stereocenters. The molecule has 9 heteroatoms. The van der Waals surface area contributed by atoms with E-state index in [2.05, 4.69) is 56.5 Å². The molecule has 1 aliphatic heterocycles. The Kier molecular flexibility index (Phi) is 6.05. The first-order valence-electron chi connectivity index (χ1n) is 14.0. The number of hydrogen-bond acceptors (Lipinski definition) is 7. The molecule has 4 heterocycles. The highest BCUT2D eigenvalue weighted by Gasteiger charge is 2.46. The number of aryl methyl sites for hydroxylation is 1. The first-order valence-corrected chi connectivity index (χ1v) is 15.1. The number of benzene rings is 1. The van der Waals surface area contributed by atoms with Gasteiger partial charge in [0.2, 0.25) is 0 Å². The van der Waals surface area contributed by atoms with Crippen LogP contribution in [0.15, 0.2) is 59.3 Å². The third-order valence-electron chi connectivity index (χ3n) is 8.40. The molecule has 8 nitrogen and oxygen atoms in total. The van der Waals surface area contributed by atoms with Gasteiger partial charge in [0.25, 0.3) is 0 Å². The van der Waals surface area contributed by atoms with Gasteiger partial charge < -0.3 is 9.45 Å². The molecular weight excluding hydrogens is 518 g/mol. The van der Waals surface area contributed by atoms with Gasteiger partial charge >= 0.3 is 0 Å². The van der Waals surface area contributed by atoms with Gasteiger partial charge in [0.05, 0.1) is 23.3 Å². The summed E-state index contributed by atoms with van der Waals surface area (Å²) >= 11 is -1.31. The molecule has 0 radical (unpaired) electrons. The lowest BCUT2D eigenvalue weighted by Crippen LogP contribution is -2.34. The fourth-order valence-corrected chi connectivity index (χ4v) is 6.99. The highest BCUT2D eigenvalue weighted by molar-refractivity contribution is 7.91. The van der Waals surface area contributed by atoms with Crippen molar-refractivity contribution in [1.82, 2.24) is 25.1 Å². The van der Waals surface area contributed by atoms with Crippen LogP contribution in [0.3, 0.4) is 0 Å². The monoisotopic (exact) mass is 551 g/mol. The number of allylic oxidation sites excluding steroid dienone is 2. The van der Waals surface area contributed by atoms with Crippen molar-refractivity contribution >= 4 is 45.3 Å². The zero-order chi connectivity index (χ0) is 27.5. The van der Waals surface area contributed by atoms with Gasteiger partial charge in [-0.15, -0.1) is 0 Å². The van der Waals surface area contributed by atoms with Crippen molar-refractivity contribution in [1.29, 1.82) is 0 Å². The predicted octanol–water partition coefficient (Wildman–Crippen LogP) is 5.89. The van der Waals surface area contributed by atoms with Crippen molar-refractivity contribution in [3.05, 3.63) is 77.4 Å². The van der Waals surface area contributed by atoms with Crippen LogP contribution in [0.5, 0.6) is 0 Å². The Balaban J connectivity index is 1.19. The summed E-state index contributed by atoms with van der Waals surface area (Å²) in [6, 6.07) is 12.5. The second-order valence-electron chi connectivity index (χ2n) is 12.1. The third-order valence-corrected chi connectivity index (χ3v) is 9.80. The van der Waals surface area contributed by atoms with E-state index in [0.29, 0.717) is 5.65 Å². The quantitative estimate of drug-likeness (QED) is 0.318. The van der Waals surface area contributed by atoms with Crippen LogP contribution >= 0.6 is 0 Å². The molecule has 2 aliphatic carbocycles. The van der Waals surface area contributed by atoms with Crippen molar-refractivity contribution in [2.75, 3.05) is 11.4 Å². The minimum Gasteiger partial charge on any atom is -0.591 e. The van der Waals surface area contributed by atoms with Crippen LogP contribution in [-0.4, -0.2) is 46.7 Å². The number of fused-ring (bicyclic) bond motifs is 3. The van der Waals surface area contributed by atoms with Gasteiger partial charge in [-0.25, -0.2) is 9.97 Å². The van der Waals surface area contributed by atoms with E-state index >= 15 is 0 Å². The van der Waals surface area contributed by atoms with E-state index in [1.165, 1.54) is 11.1 Å². The summed E-state index contributed by atoms with van der Waals surface area (Å²) in [5.74, 6) is 0.802. The maximum Gasteiger partial charge on any atom is 0.183 e. The first kappa shape index (κ1) is 25.4. The maximum absolute atomic E-state index is 13.1. The third kappa shape index (κ3) is 4.23. The molecule has 0 saturated heterocycles. The molecule has 1 N–H and O–H groups in total. The average Bonchev–Trinajstić information content (AvgIpc) is 3.51. The lowest BCUT2D eigenvalue weighted by molar-refractivity contribution is 0.394. The van der Waals surface area contributed by atoms with Gasteiger partial charge in [-0.05, 0) is 82.6 Å². The average molecular weight is 552 g/mol. The highest BCUT2D eigenvalue weighted by Crippen LogP contribution is 2.49. The zero-order valence-electron chi connectivity index (χ0n) is 23.1. The molecule has 3 aromatic heterocycles. The van der Waals surface area contributed by atoms with Gasteiger partial charge in [0.15, 0.2) is 17.0 Å². The zero-order valence-corrected chi connectivity index (χ0v) is 24.0. The lowest BCUT2D eigenvalue weighted by Gasteiger charge is -2.33. The number of hydrogen-bond donors (Lipinski definition) is 1. The number of pyridine rings is 1. The Hall–Kier alpha value is -3.56. The summed E-state index contributed by atoms with van der Waals surface area (Å²) in [6.07, 6.45) is 11.6. The van der Waals surface area contributed by atoms with E-state index < -0.39 is 16.1 Å². The van der Waals surface area contributed by atoms with Gasteiger partial charge in [-0.2, -0.15) is 5.10 Å². The minimum absolute atomic E-state index is 0.136. The van der Waals surface area contributed by atoms with E-state index in [1.54, 1.807) is 0 Å². The van der Waals surface area contributed by atoms with Crippen LogP contribution in [0.25, 0.3) is 16.7 Å². The standard InChI is InChI=1S/C31H33N7OS/c1-30(2,3)40(39)37-27-22-9-5-4-8-21(22)18-31(27)14-12-20(13-15-31)24-19-33-26-28(34-24)35-36-29(26)38-17-7-10-23-25(38)11-6-16-32-23/h4-6,8-9,11-12,16,19H,7,10,13-15,17-18H2,1-3H3,(H,34,35,36)/t31-,40+/m0/s1. The smallest absolute Gasteiger partial charge is 0.183 e. The number of anilines is 2. The van der Waals surface area contributed by atoms with Crippen molar-refractivity contribution in [3.8, 4) is 0 Å². The van der Waals surface area contributed by atoms with Crippen LogP contribution in [0, 0.1) is 5.41 Å². The molecule has 1 spiro atoms. The molecule has 0 saturated carbocycles. The number of aromatic nitrogens is 5. The lowest BCUT2D eigenvalue weighted by atomic mass is 9.71. The molecule has 0 amide bonds. The highest BCUT2D eigenvalue weighted by atomic mass is 32.2. The first-order chi connectivity index (χ1) is 19.3. The summed E-state index contributed by atoms with van der Waals surface area (Å²) in [5.41, 5.74) is 9.04. The molecule has 0 bridgehead atoms. The van der Waals surface area contributed by atoms with E-state index in [4.69, 9.17) is 14.4 Å². The van der Waals surface area contributed by atoms with E-state index in [-0.39, 0.29) is 5.41 Å². The number of rotatable bonds is 3. The summed E-state index contributed by atoms with van der Waals surface area (Å²) in [5, 5.41) is 7.76. The topological polar surface area (TPSA) is 106 Å². The second kappa shape index (κ2) is 9.52. The predicted molar refractivity (Wildman–Crippen MR) is 160 cm³/mol. The molecule has 7 rings (SSSR count). The summed E-state index contributed by atoms with van der Waals surface area (Å²) < 4.78 is 17.6. The normalized spacial score (nSPS) is 22.4. The van der Waals surface area contributed by atoms with E-state index in [9.17, 15) is 4.55 Å². The molecule has 3 aliphatic rings. The van der Waals surface area contributed by atoms with Gasteiger partial charge in [0.1, 0.15) is 21.8 Å². The fourth-order valence-electron chi connectivity index (χ4n) is 6.26. The molecule has 0 fully saturated rings. The number of aromatic amines is 1. The van der Waals surface area contributed by atoms with Crippen LogP contribution in [0.2, 0.25) is 0 Å². The number of H-pyrrole nitrogens is 1. The van der Waals surface area contributed by atoms with Crippen LogP contribution < -0.4 is 4.90 Å². The Bertz CT molecular complexity index is 1670. The Morgan fingerprint density at radius 3 is 2.80 bits per heavy atom. The Morgan fingerprint density at radius 2 is 1.98 bits per heavy atom. The molecular formula is C31H33N7OS. The SMILES string of the molecule is CC(C)(C)[S@@+]([O-])N=C1c2ccccc2C[C@@]12CC=C(c1cnc3c(N4CCCc5ncccc54)n[nH]c3n1)CC2. The minimum atomic E-state index is -1.31. The van der Waals surface area contributed by atoms with Crippen LogP contribution in [0.1, 0.15) is 69.0 Å². The van der Waals surface area contributed by atoms with Gasteiger partial charge in [-0.1, -0.05) is 34.7 Å². The van der Waals surface area contributed by atoms with Crippen LogP contribution in [0.4, 0.5) is 11.5 Å². The summed E-state index contributed by atoms with van der Waals surface area (Å²) in [4.78, 5) is 16.6. The summed E-state index contributed by atoms with van der Waals surface area (Å²) in [7, 11) is 0. The van der Waals surface area contributed by atoms with E-state index in [0.717, 1.165) is 84.8 Å². The van der Waals surface area contributed by atoms with Crippen molar-refractivity contribution in [2.45, 2.75) is 64.0 Å². The van der Waals surface area contributed by atoms with Crippen molar-refractivity contribution in [2.24, 2.45) is 9.81 Å². The van der Waals surface area contributed by atoms with Crippen molar-refractivity contribution in [3.63, 3.8) is 0 Å². The molecule has 204 valence electrons. The number of nitrogens with one attached hydrogen (secondary N) is 1. The summed E-state index contributed by atoms with van der Waals surface area (Å²) in [6.45, 7) is 6.82. The molecule has 2 atom stereocenters. The molecule has 40 heavy (non-hydrogen) atoms. The fraction of sp³-hybridized carbons (Fsp3) is 0.387.